The van der Waals surface area contributed by atoms with Crippen LogP contribution in [0.4, 0.5) is 0 Å². The van der Waals surface area contributed by atoms with Crippen molar-refractivity contribution >= 4 is 22.9 Å². The Hall–Kier alpha value is -0.840. The summed E-state index contributed by atoms with van der Waals surface area (Å²) in [7, 11) is 0. The molecule has 2 aromatic rings. The van der Waals surface area contributed by atoms with Crippen LogP contribution in [0.2, 0.25) is 4.34 Å². The smallest absolute Gasteiger partial charge is 0.0931 e. The third-order valence-corrected chi connectivity index (χ3v) is 3.44. The summed E-state index contributed by atoms with van der Waals surface area (Å²) >= 11 is 7.47. The van der Waals surface area contributed by atoms with E-state index in [0.717, 1.165) is 24.0 Å². The van der Waals surface area contributed by atoms with E-state index in [1.807, 2.05) is 30.1 Å². The number of nitrogens with one attached hydrogen (secondary N) is 1. The summed E-state index contributed by atoms with van der Waals surface area (Å²) in [5, 5.41) is 7.59. The predicted octanol–water partition coefficient (Wildman–Crippen LogP) is 2.70. The van der Waals surface area contributed by atoms with Gasteiger partial charge >= 0.3 is 0 Å². The van der Waals surface area contributed by atoms with Crippen molar-refractivity contribution < 1.29 is 0 Å². The predicted molar refractivity (Wildman–Crippen MR) is 68.0 cm³/mol. The Kier molecular flexibility index (Phi) is 3.98. The van der Waals surface area contributed by atoms with E-state index < -0.39 is 0 Å². The molecule has 0 bridgehead atoms. The molecule has 0 saturated carbocycles. The van der Waals surface area contributed by atoms with E-state index in [1.165, 1.54) is 10.4 Å². The summed E-state index contributed by atoms with van der Waals surface area (Å²) in [6, 6.07) is 3.98. The van der Waals surface area contributed by atoms with Gasteiger partial charge < -0.3 is 5.32 Å². The van der Waals surface area contributed by atoms with Crippen LogP contribution in [-0.2, 0) is 13.1 Å². The zero-order valence-corrected chi connectivity index (χ0v) is 10.7. The lowest BCUT2D eigenvalue weighted by atomic mass is 10.4. The molecule has 5 heteroatoms. The second-order valence-electron chi connectivity index (χ2n) is 3.66. The van der Waals surface area contributed by atoms with E-state index in [2.05, 4.69) is 16.5 Å². The molecular formula is C11H14ClN3S. The first-order chi connectivity index (χ1) is 7.74. The molecule has 0 fully saturated rings. The molecule has 0 aliphatic heterocycles. The summed E-state index contributed by atoms with van der Waals surface area (Å²) in [6.45, 7) is 4.73. The van der Waals surface area contributed by atoms with E-state index in [-0.39, 0.29) is 0 Å². The van der Waals surface area contributed by atoms with Crippen molar-refractivity contribution in [3.05, 3.63) is 39.3 Å². The monoisotopic (exact) mass is 255 g/mol. The molecule has 0 amide bonds. The average Bonchev–Trinajstić information content (AvgIpc) is 2.83. The van der Waals surface area contributed by atoms with Crippen LogP contribution in [0.25, 0.3) is 0 Å². The van der Waals surface area contributed by atoms with Crippen molar-refractivity contribution in [2.45, 2.75) is 20.0 Å². The van der Waals surface area contributed by atoms with Gasteiger partial charge in [0.1, 0.15) is 0 Å². The third-order valence-electron chi connectivity index (χ3n) is 2.21. The van der Waals surface area contributed by atoms with Gasteiger partial charge in [-0.2, -0.15) is 5.10 Å². The largest absolute Gasteiger partial charge is 0.310 e. The topological polar surface area (TPSA) is 29.9 Å². The summed E-state index contributed by atoms with van der Waals surface area (Å²) in [5.74, 6) is 0. The highest BCUT2D eigenvalue weighted by Crippen LogP contribution is 2.20. The fourth-order valence-corrected chi connectivity index (χ4v) is 2.50. The molecule has 0 unspecified atom stereocenters. The molecule has 0 aliphatic rings. The highest BCUT2D eigenvalue weighted by Gasteiger charge is 1.97. The molecule has 0 aromatic carbocycles. The molecule has 0 saturated heterocycles. The minimum atomic E-state index is 0.847. The molecule has 0 atom stereocenters. The van der Waals surface area contributed by atoms with E-state index >= 15 is 0 Å². The second kappa shape index (κ2) is 5.48. The lowest BCUT2D eigenvalue weighted by molar-refractivity contribution is 0.556. The van der Waals surface area contributed by atoms with Gasteiger partial charge in [-0.1, -0.05) is 11.6 Å². The molecule has 2 aromatic heterocycles. The van der Waals surface area contributed by atoms with E-state index in [0.29, 0.717) is 0 Å². The first-order valence-corrected chi connectivity index (χ1v) is 6.37. The normalized spacial score (nSPS) is 10.9. The summed E-state index contributed by atoms with van der Waals surface area (Å²) < 4.78 is 2.79. The van der Waals surface area contributed by atoms with Gasteiger partial charge in [0.15, 0.2) is 0 Å². The van der Waals surface area contributed by atoms with Gasteiger partial charge in [-0.15, -0.1) is 11.3 Å². The maximum Gasteiger partial charge on any atom is 0.0931 e. The zero-order chi connectivity index (χ0) is 11.4. The van der Waals surface area contributed by atoms with Crippen LogP contribution >= 0.6 is 22.9 Å². The average molecular weight is 256 g/mol. The van der Waals surface area contributed by atoms with Crippen LogP contribution < -0.4 is 5.32 Å². The number of aromatic nitrogens is 2. The van der Waals surface area contributed by atoms with Crippen LogP contribution in [0.15, 0.2) is 24.5 Å². The Morgan fingerprint density at radius 1 is 1.50 bits per heavy atom. The number of rotatable bonds is 5. The molecule has 3 nitrogen and oxygen atoms in total. The Morgan fingerprint density at radius 2 is 2.38 bits per heavy atom. The number of nitrogens with zero attached hydrogens (tertiary/aromatic N) is 2. The van der Waals surface area contributed by atoms with Gasteiger partial charge in [0.2, 0.25) is 0 Å². The number of thiophene rings is 1. The third kappa shape index (κ3) is 3.33. The lowest BCUT2D eigenvalue weighted by Gasteiger charge is -2.03. The van der Waals surface area contributed by atoms with Crippen molar-refractivity contribution in [3.8, 4) is 0 Å². The van der Waals surface area contributed by atoms with Crippen molar-refractivity contribution in [2.24, 2.45) is 0 Å². The highest BCUT2D eigenvalue weighted by molar-refractivity contribution is 7.16. The van der Waals surface area contributed by atoms with Crippen molar-refractivity contribution in [3.63, 3.8) is 0 Å². The Morgan fingerprint density at radius 3 is 3.00 bits per heavy atom. The van der Waals surface area contributed by atoms with E-state index in [1.54, 1.807) is 11.3 Å². The molecule has 2 heterocycles. The maximum atomic E-state index is 5.85. The van der Waals surface area contributed by atoms with Crippen molar-refractivity contribution in [1.29, 1.82) is 0 Å². The highest BCUT2D eigenvalue weighted by atomic mass is 35.5. The fraction of sp³-hybridized carbons (Fsp3) is 0.364. The van der Waals surface area contributed by atoms with Crippen LogP contribution in [0, 0.1) is 6.92 Å². The number of halogens is 1. The van der Waals surface area contributed by atoms with E-state index in [9.17, 15) is 0 Å². The zero-order valence-electron chi connectivity index (χ0n) is 9.11. The number of aryl methyl sites for hydroxylation is 1. The molecule has 2 rings (SSSR count). The van der Waals surface area contributed by atoms with Gasteiger partial charge in [0.25, 0.3) is 0 Å². The number of hydrogen-bond acceptors (Lipinski definition) is 3. The standard InChI is InChI=1S/C11H14ClN3S/c1-9-6-14-15(8-9)5-4-13-7-10-2-3-11(12)16-10/h2-3,6,8,13H,4-5,7H2,1H3. The van der Waals surface area contributed by atoms with Crippen molar-refractivity contribution in [2.75, 3.05) is 6.54 Å². The molecule has 86 valence electrons. The van der Waals surface area contributed by atoms with Crippen LogP contribution in [-0.4, -0.2) is 16.3 Å². The minimum Gasteiger partial charge on any atom is -0.310 e. The minimum absolute atomic E-state index is 0.847. The SMILES string of the molecule is Cc1cnn(CCNCc2ccc(Cl)s2)c1. The Labute approximate surface area is 104 Å². The lowest BCUT2D eigenvalue weighted by Crippen LogP contribution is -2.19. The van der Waals surface area contributed by atoms with Gasteiger partial charge in [0, 0.05) is 24.2 Å². The molecule has 0 aliphatic carbocycles. The molecule has 0 spiro atoms. The first-order valence-electron chi connectivity index (χ1n) is 5.18. The Bertz CT molecular complexity index is 407. The van der Waals surface area contributed by atoms with Gasteiger partial charge in [-0.25, -0.2) is 0 Å². The summed E-state index contributed by atoms with van der Waals surface area (Å²) in [6.07, 6.45) is 3.92. The molecule has 0 radical (unpaired) electrons. The summed E-state index contributed by atoms with van der Waals surface area (Å²) in [4.78, 5) is 1.27. The second-order valence-corrected chi connectivity index (χ2v) is 5.46. The van der Waals surface area contributed by atoms with Crippen LogP contribution in [0.3, 0.4) is 0 Å². The van der Waals surface area contributed by atoms with E-state index in [4.69, 9.17) is 11.6 Å². The quantitative estimate of drug-likeness (QED) is 0.833. The number of hydrogen-bond donors (Lipinski definition) is 1. The first kappa shape index (κ1) is 11.6. The van der Waals surface area contributed by atoms with Gasteiger partial charge in [-0.3, -0.25) is 4.68 Å². The molecule has 1 N–H and O–H groups in total. The van der Waals surface area contributed by atoms with Gasteiger partial charge in [0.05, 0.1) is 17.1 Å². The Balaban J connectivity index is 1.69. The van der Waals surface area contributed by atoms with Crippen LogP contribution in [0.1, 0.15) is 10.4 Å². The van der Waals surface area contributed by atoms with Crippen molar-refractivity contribution in [1.82, 2.24) is 15.1 Å². The molecule has 16 heavy (non-hydrogen) atoms. The fourth-order valence-electron chi connectivity index (χ4n) is 1.44. The maximum absolute atomic E-state index is 5.85. The molecular weight excluding hydrogens is 242 g/mol. The van der Waals surface area contributed by atoms with Gasteiger partial charge in [-0.05, 0) is 24.6 Å². The van der Waals surface area contributed by atoms with Crippen LogP contribution in [0.5, 0.6) is 0 Å². The summed E-state index contributed by atoms with van der Waals surface area (Å²) in [5.41, 5.74) is 1.20.